The minimum absolute atomic E-state index is 0.144. The number of pyridine rings is 1. The second kappa shape index (κ2) is 8.17. The Hall–Kier alpha value is -2.27. The molecule has 0 aliphatic carbocycles. The van der Waals surface area contributed by atoms with Gasteiger partial charge in [-0.2, -0.15) is 0 Å². The molecule has 0 saturated heterocycles. The van der Waals surface area contributed by atoms with Gasteiger partial charge in [-0.05, 0) is 55.0 Å². The van der Waals surface area contributed by atoms with Crippen LogP contribution in [0.2, 0.25) is 15.1 Å². The maximum absolute atomic E-state index is 13.1. The van der Waals surface area contributed by atoms with Gasteiger partial charge in [0.05, 0.1) is 5.02 Å². The number of halogens is 3. The first-order valence-corrected chi connectivity index (χ1v) is 9.12. The standard InChI is InChI=1S/C20H15Cl3N2O2/c1-12-10-13(21)6-8-17(12)25(2)20(26)15-4-3-9-24-19(15)27-18-11-14(22)5-7-16(18)23/h3-11H,1-2H3. The van der Waals surface area contributed by atoms with Crippen molar-refractivity contribution in [3.8, 4) is 11.6 Å². The number of nitrogens with zero attached hydrogens (tertiary/aromatic N) is 2. The van der Waals surface area contributed by atoms with E-state index >= 15 is 0 Å². The van der Waals surface area contributed by atoms with Crippen LogP contribution in [0.15, 0.2) is 54.7 Å². The molecule has 0 bridgehead atoms. The molecule has 3 rings (SSSR count). The fourth-order valence-corrected chi connectivity index (χ4v) is 3.12. The zero-order valence-corrected chi connectivity index (χ0v) is 16.8. The number of ether oxygens (including phenoxy) is 1. The Morgan fingerprint density at radius 3 is 2.48 bits per heavy atom. The number of amides is 1. The van der Waals surface area contributed by atoms with Crippen LogP contribution in [0, 0.1) is 6.92 Å². The molecule has 0 aliphatic rings. The summed E-state index contributed by atoms with van der Waals surface area (Å²) >= 11 is 18.2. The van der Waals surface area contributed by atoms with Crippen LogP contribution in [0.4, 0.5) is 5.69 Å². The quantitative estimate of drug-likeness (QED) is 0.488. The lowest BCUT2D eigenvalue weighted by atomic mass is 10.1. The molecule has 0 atom stereocenters. The van der Waals surface area contributed by atoms with Crippen LogP contribution in [0.25, 0.3) is 0 Å². The van der Waals surface area contributed by atoms with E-state index in [-0.39, 0.29) is 11.8 Å². The van der Waals surface area contributed by atoms with E-state index in [0.717, 1.165) is 11.3 Å². The molecule has 0 unspecified atom stereocenters. The predicted octanol–water partition coefficient (Wildman–Crippen LogP) is 6.42. The molecule has 0 aliphatic heterocycles. The summed E-state index contributed by atoms with van der Waals surface area (Å²) in [6.45, 7) is 1.89. The lowest BCUT2D eigenvalue weighted by Crippen LogP contribution is -2.27. The minimum atomic E-state index is -0.276. The van der Waals surface area contributed by atoms with Crippen molar-refractivity contribution in [2.24, 2.45) is 0 Å². The number of anilines is 1. The molecule has 0 fully saturated rings. The third-order valence-electron chi connectivity index (χ3n) is 3.93. The summed E-state index contributed by atoms with van der Waals surface area (Å²) in [5.41, 5.74) is 1.91. The van der Waals surface area contributed by atoms with Gasteiger partial charge >= 0.3 is 0 Å². The summed E-state index contributed by atoms with van der Waals surface area (Å²) in [5, 5.41) is 1.44. The van der Waals surface area contributed by atoms with Crippen molar-refractivity contribution in [1.82, 2.24) is 4.98 Å². The molecule has 0 spiro atoms. The number of aryl methyl sites for hydroxylation is 1. The number of carbonyl (C=O) groups excluding carboxylic acids is 1. The summed E-state index contributed by atoms with van der Waals surface area (Å²) in [5.74, 6) is 0.189. The van der Waals surface area contributed by atoms with Gasteiger partial charge in [0.2, 0.25) is 5.88 Å². The molecular weight excluding hydrogens is 407 g/mol. The Morgan fingerprint density at radius 2 is 1.74 bits per heavy atom. The lowest BCUT2D eigenvalue weighted by Gasteiger charge is -2.21. The lowest BCUT2D eigenvalue weighted by molar-refractivity contribution is 0.0990. The van der Waals surface area contributed by atoms with Crippen LogP contribution in [-0.2, 0) is 0 Å². The van der Waals surface area contributed by atoms with Gasteiger partial charge < -0.3 is 9.64 Å². The molecule has 0 saturated carbocycles. The van der Waals surface area contributed by atoms with Crippen molar-refractivity contribution in [3.05, 3.63) is 80.9 Å². The zero-order valence-electron chi connectivity index (χ0n) is 14.5. The van der Waals surface area contributed by atoms with Crippen molar-refractivity contribution in [1.29, 1.82) is 0 Å². The van der Waals surface area contributed by atoms with E-state index in [1.807, 2.05) is 6.92 Å². The number of aromatic nitrogens is 1. The molecule has 1 heterocycles. The molecule has 1 amide bonds. The van der Waals surface area contributed by atoms with E-state index < -0.39 is 0 Å². The summed E-state index contributed by atoms with van der Waals surface area (Å²) in [6, 6.07) is 13.5. The summed E-state index contributed by atoms with van der Waals surface area (Å²) in [4.78, 5) is 18.8. The van der Waals surface area contributed by atoms with E-state index in [1.165, 1.54) is 11.1 Å². The molecular formula is C20H15Cl3N2O2. The second-order valence-corrected chi connectivity index (χ2v) is 7.11. The molecule has 2 aromatic carbocycles. The highest BCUT2D eigenvalue weighted by Crippen LogP contribution is 2.33. The summed E-state index contributed by atoms with van der Waals surface area (Å²) < 4.78 is 5.78. The highest BCUT2D eigenvalue weighted by atomic mass is 35.5. The number of hydrogen-bond acceptors (Lipinski definition) is 3. The van der Waals surface area contributed by atoms with Gasteiger partial charge in [0.25, 0.3) is 5.91 Å². The fraction of sp³-hybridized carbons (Fsp3) is 0.100. The Kier molecular flexibility index (Phi) is 5.90. The smallest absolute Gasteiger partial charge is 0.263 e. The summed E-state index contributed by atoms with van der Waals surface area (Å²) in [6.07, 6.45) is 1.54. The van der Waals surface area contributed by atoms with E-state index in [2.05, 4.69) is 4.98 Å². The second-order valence-electron chi connectivity index (χ2n) is 5.83. The largest absolute Gasteiger partial charge is 0.437 e. The van der Waals surface area contributed by atoms with Gasteiger partial charge in [-0.25, -0.2) is 4.98 Å². The van der Waals surface area contributed by atoms with E-state index in [0.29, 0.717) is 26.4 Å². The highest BCUT2D eigenvalue weighted by molar-refractivity contribution is 6.34. The van der Waals surface area contributed by atoms with Gasteiger partial charge in [-0.1, -0.05) is 34.8 Å². The topological polar surface area (TPSA) is 42.4 Å². The Morgan fingerprint density at radius 1 is 1.04 bits per heavy atom. The first-order valence-electron chi connectivity index (χ1n) is 7.99. The number of benzene rings is 2. The number of rotatable bonds is 4. The molecule has 27 heavy (non-hydrogen) atoms. The highest BCUT2D eigenvalue weighted by Gasteiger charge is 2.21. The minimum Gasteiger partial charge on any atom is -0.437 e. The third-order valence-corrected chi connectivity index (χ3v) is 4.71. The van der Waals surface area contributed by atoms with Crippen molar-refractivity contribution in [2.45, 2.75) is 6.92 Å². The molecule has 0 N–H and O–H groups in total. The molecule has 138 valence electrons. The van der Waals surface area contributed by atoms with E-state index in [4.69, 9.17) is 39.5 Å². The van der Waals surface area contributed by atoms with Crippen LogP contribution in [-0.4, -0.2) is 17.9 Å². The average Bonchev–Trinajstić information content (AvgIpc) is 2.64. The molecule has 4 nitrogen and oxygen atoms in total. The van der Waals surface area contributed by atoms with Crippen LogP contribution in [0.3, 0.4) is 0 Å². The van der Waals surface area contributed by atoms with Crippen molar-refractivity contribution >= 4 is 46.4 Å². The molecule has 7 heteroatoms. The third kappa shape index (κ3) is 4.35. The Balaban J connectivity index is 1.95. The fourth-order valence-electron chi connectivity index (χ4n) is 2.58. The van der Waals surface area contributed by atoms with Gasteiger partial charge in [0.15, 0.2) is 0 Å². The average molecular weight is 422 g/mol. The number of hydrogen-bond donors (Lipinski definition) is 0. The first kappa shape index (κ1) is 19.5. The van der Waals surface area contributed by atoms with Crippen LogP contribution in [0.5, 0.6) is 11.6 Å². The van der Waals surface area contributed by atoms with Crippen molar-refractivity contribution in [2.75, 3.05) is 11.9 Å². The van der Waals surface area contributed by atoms with Gasteiger partial charge in [0.1, 0.15) is 11.3 Å². The van der Waals surface area contributed by atoms with Crippen LogP contribution in [0.1, 0.15) is 15.9 Å². The Bertz CT molecular complexity index is 1010. The normalized spacial score (nSPS) is 10.6. The van der Waals surface area contributed by atoms with Gasteiger partial charge in [0, 0.05) is 35.0 Å². The SMILES string of the molecule is Cc1cc(Cl)ccc1N(C)C(=O)c1cccnc1Oc1cc(Cl)ccc1Cl. The van der Waals surface area contributed by atoms with Crippen LogP contribution >= 0.6 is 34.8 Å². The Labute approximate surface area is 172 Å². The molecule has 0 radical (unpaired) electrons. The van der Waals surface area contributed by atoms with Crippen LogP contribution < -0.4 is 9.64 Å². The maximum atomic E-state index is 13.1. The van der Waals surface area contributed by atoms with Crippen molar-refractivity contribution in [3.63, 3.8) is 0 Å². The first-order chi connectivity index (χ1) is 12.9. The van der Waals surface area contributed by atoms with Gasteiger partial charge in [-0.3, -0.25) is 4.79 Å². The van der Waals surface area contributed by atoms with E-state index in [1.54, 1.807) is 55.6 Å². The summed E-state index contributed by atoms with van der Waals surface area (Å²) in [7, 11) is 1.68. The zero-order chi connectivity index (χ0) is 19.6. The maximum Gasteiger partial charge on any atom is 0.263 e. The predicted molar refractivity (Wildman–Crippen MR) is 110 cm³/mol. The molecule has 1 aromatic heterocycles. The van der Waals surface area contributed by atoms with Gasteiger partial charge in [-0.15, -0.1) is 0 Å². The molecule has 3 aromatic rings. The van der Waals surface area contributed by atoms with Crippen molar-refractivity contribution < 1.29 is 9.53 Å². The number of carbonyl (C=O) groups is 1. The monoisotopic (exact) mass is 420 g/mol. The van der Waals surface area contributed by atoms with E-state index in [9.17, 15) is 4.79 Å².